The molecule has 0 radical (unpaired) electrons. The Bertz CT molecular complexity index is 1080. The maximum absolute atomic E-state index is 13.1. The maximum Gasteiger partial charge on any atom is 0.255 e. The SMILES string of the molecule is Cc1oc2ncnc(NC3(C)CC3)c2c1C(=O)NC1CC(c2ccc(F)cc2)C1. The molecule has 1 amide bonds. The molecule has 2 aromatic heterocycles. The highest BCUT2D eigenvalue weighted by molar-refractivity contribution is 6.10. The van der Waals surface area contributed by atoms with Gasteiger partial charge in [0.05, 0.1) is 10.9 Å². The van der Waals surface area contributed by atoms with Gasteiger partial charge >= 0.3 is 0 Å². The van der Waals surface area contributed by atoms with Gasteiger partial charge in [0.15, 0.2) is 0 Å². The van der Waals surface area contributed by atoms with E-state index in [1.807, 2.05) is 12.1 Å². The lowest BCUT2D eigenvalue weighted by Gasteiger charge is -2.36. The van der Waals surface area contributed by atoms with E-state index >= 15 is 0 Å². The van der Waals surface area contributed by atoms with Crippen molar-refractivity contribution >= 4 is 22.8 Å². The molecule has 150 valence electrons. The molecule has 2 heterocycles. The van der Waals surface area contributed by atoms with Gasteiger partial charge in [-0.15, -0.1) is 0 Å². The first-order valence-corrected chi connectivity index (χ1v) is 10.0. The Morgan fingerprint density at radius 1 is 1.21 bits per heavy atom. The van der Waals surface area contributed by atoms with E-state index in [-0.39, 0.29) is 23.3 Å². The number of carbonyl (C=O) groups is 1. The molecule has 0 bridgehead atoms. The minimum absolute atomic E-state index is 0.0244. The van der Waals surface area contributed by atoms with Crippen molar-refractivity contribution in [2.24, 2.45) is 0 Å². The molecule has 0 saturated heterocycles. The van der Waals surface area contributed by atoms with Crippen LogP contribution in [0.1, 0.15) is 60.2 Å². The second kappa shape index (κ2) is 6.54. The molecule has 29 heavy (non-hydrogen) atoms. The molecule has 0 atom stereocenters. The van der Waals surface area contributed by atoms with Crippen molar-refractivity contribution < 1.29 is 13.6 Å². The van der Waals surface area contributed by atoms with Crippen LogP contribution in [0.5, 0.6) is 0 Å². The zero-order chi connectivity index (χ0) is 20.2. The number of amides is 1. The molecule has 2 saturated carbocycles. The van der Waals surface area contributed by atoms with Crippen LogP contribution in [-0.2, 0) is 0 Å². The number of aryl methyl sites for hydroxylation is 1. The van der Waals surface area contributed by atoms with E-state index in [4.69, 9.17) is 4.42 Å². The molecular weight excluding hydrogens is 371 g/mol. The molecule has 2 aliphatic carbocycles. The summed E-state index contributed by atoms with van der Waals surface area (Å²) in [6, 6.07) is 6.69. The Balaban J connectivity index is 1.34. The number of carbonyl (C=O) groups excluding carboxylic acids is 1. The molecule has 0 spiro atoms. The van der Waals surface area contributed by atoms with Gasteiger partial charge in [-0.1, -0.05) is 12.1 Å². The summed E-state index contributed by atoms with van der Waals surface area (Å²) < 4.78 is 18.8. The summed E-state index contributed by atoms with van der Waals surface area (Å²) in [6.07, 6.45) is 5.28. The average Bonchev–Trinajstić information content (AvgIpc) is 3.27. The normalized spacial score (nSPS) is 22.2. The fourth-order valence-corrected chi connectivity index (χ4v) is 4.01. The lowest BCUT2D eigenvalue weighted by atomic mass is 9.76. The predicted molar refractivity (Wildman–Crippen MR) is 107 cm³/mol. The van der Waals surface area contributed by atoms with Crippen molar-refractivity contribution in [2.45, 2.75) is 57.0 Å². The summed E-state index contributed by atoms with van der Waals surface area (Å²) in [5.74, 6) is 1.14. The van der Waals surface area contributed by atoms with E-state index in [0.29, 0.717) is 34.2 Å². The van der Waals surface area contributed by atoms with Crippen molar-refractivity contribution in [3.8, 4) is 0 Å². The first kappa shape index (κ1) is 18.1. The van der Waals surface area contributed by atoms with E-state index in [2.05, 4.69) is 27.5 Å². The topological polar surface area (TPSA) is 80.1 Å². The minimum atomic E-state index is -0.230. The summed E-state index contributed by atoms with van der Waals surface area (Å²) in [5, 5.41) is 7.19. The molecule has 2 N–H and O–H groups in total. The van der Waals surface area contributed by atoms with Crippen LogP contribution in [0.25, 0.3) is 11.1 Å². The number of hydrogen-bond acceptors (Lipinski definition) is 5. The quantitative estimate of drug-likeness (QED) is 0.674. The molecule has 2 aliphatic rings. The Morgan fingerprint density at radius 2 is 1.93 bits per heavy atom. The van der Waals surface area contributed by atoms with Gasteiger partial charge in [-0.25, -0.2) is 14.4 Å². The van der Waals surface area contributed by atoms with Gasteiger partial charge in [-0.05, 0) is 63.1 Å². The van der Waals surface area contributed by atoms with E-state index in [1.54, 1.807) is 6.92 Å². The van der Waals surface area contributed by atoms with Crippen LogP contribution in [0.15, 0.2) is 35.0 Å². The molecule has 2 fully saturated rings. The summed E-state index contributed by atoms with van der Waals surface area (Å²) in [7, 11) is 0. The Kier molecular flexibility index (Phi) is 4.08. The van der Waals surface area contributed by atoms with Crippen LogP contribution in [-0.4, -0.2) is 27.5 Å². The van der Waals surface area contributed by atoms with E-state index < -0.39 is 0 Å². The zero-order valence-electron chi connectivity index (χ0n) is 16.5. The Hall–Kier alpha value is -2.96. The van der Waals surface area contributed by atoms with Crippen LogP contribution >= 0.6 is 0 Å². The van der Waals surface area contributed by atoms with Gasteiger partial charge in [0.2, 0.25) is 5.71 Å². The highest BCUT2D eigenvalue weighted by Crippen LogP contribution is 2.41. The van der Waals surface area contributed by atoms with Gasteiger partial charge in [0, 0.05) is 11.6 Å². The number of hydrogen-bond donors (Lipinski definition) is 2. The van der Waals surface area contributed by atoms with Crippen LogP contribution in [0, 0.1) is 12.7 Å². The smallest absolute Gasteiger partial charge is 0.255 e. The van der Waals surface area contributed by atoms with Gasteiger partial charge in [-0.2, -0.15) is 0 Å². The predicted octanol–water partition coefficient (Wildman–Crippen LogP) is 4.31. The van der Waals surface area contributed by atoms with Crippen molar-refractivity contribution in [3.63, 3.8) is 0 Å². The third-order valence-corrected chi connectivity index (χ3v) is 6.13. The Labute approximate surface area is 167 Å². The summed E-state index contributed by atoms with van der Waals surface area (Å²) in [4.78, 5) is 21.6. The second-order valence-electron chi connectivity index (χ2n) is 8.51. The van der Waals surface area contributed by atoms with Gasteiger partial charge in [0.25, 0.3) is 5.91 Å². The van der Waals surface area contributed by atoms with Crippen LogP contribution < -0.4 is 10.6 Å². The molecule has 6 nitrogen and oxygen atoms in total. The van der Waals surface area contributed by atoms with Gasteiger partial charge < -0.3 is 15.1 Å². The van der Waals surface area contributed by atoms with Crippen LogP contribution in [0.2, 0.25) is 0 Å². The first-order chi connectivity index (χ1) is 13.9. The standard InChI is InChI=1S/C22H23FN4O2/c1-12-17(18-19(27-22(2)7-8-22)24-11-25-21(18)29-12)20(28)26-16-9-14(10-16)13-3-5-15(23)6-4-13/h3-6,11,14,16H,7-10H2,1-2H3,(H,26,28)(H,24,25,27). The largest absolute Gasteiger partial charge is 0.442 e. The Morgan fingerprint density at radius 3 is 2.62 bits per heavy atom. The number of nitrogens with zero attached hydrogens (tertiary/aromatic N) is 2. The fourth-order valence-electron chi connectivity index (χ4n) is 4.01. The zero-order valence-corrected chi connectivity index (χ0v) is 16.5. The molecule has 3 aromatic rings. The molecule has 5 rings (SSSR count). The highest BCUT2D eigenvalue weighted by atomic mass is 19.1. The molecule has 7 heteroatoms. The number of furan rings is 1. The van der Waals surface area contributed by atoms with E-state index in [0.717, 1.165) is 31.2 Å². The van der Waals surface area contributed by atoms with Crippen molar-refractivity contribution in [3.05, 3.63) is 53.3 Å². The van der Waals surface area contributed by atoms with Gasteiger partial charge in [0.1, 0.15) is 23.7 Å². The number of halogens is 1. The van der Waals surface area contributed by atoms with Crippen LogP contribution in [0.3, 0.4) is 0 Å². The van der Waals surface area contributed by atoms with Crippen molar-refractivity contribution in [2.75, 3.05) is 5.32 Å². The van der Waals surface area contributed by atoms with E-state index in [9.17, 15) is 9.18 Å². The lowest BCUT2D eigenvalue weighted by Crippen LogP contribution is -2.43. The lowest BCUT2D eigenvalue weighted by molar-refractivity contribution is 0.0909. The molecular formula is C22H23FN4O2. The number of fused-ring (bicyclic) bond motifs is 1. The highest BCUT2D eigenvalue weighted by Gasteiger charge is 2.39. The molecule has 1 aromatic carbocycles. The number of anilines is 1. The van der Waals surface area contributed by atoms with Crippen LogP contribution in [0.4, 0.5) is 10.2 Å². The molecule has 0 unspecified atom stereocenters. The number of benzene rings is 1. The second-order valence-corrected chi connectivity index (χ2v) is 8.51. The minimum Gasteiger partial charge on any atom is -0.442 e. The number of rotatable bonds is 5. The fraction of sp³-hybridized carbons (Fsp3) is 0.409. The summed E-state index contributed by atoms with van der Waals surface area (Å²) in [6.45, 7) is 3.92. The number of aromatic nitrogens is 2. The van der Waals surface area contributed by atoms with Gasteiger partial charge in [-0.3, -0.25) is 4.79 Å². The van der Waals surface area contributed by atoms with E-state index in [1.165, 1.54) is 18.5 Å². The third-order valence-electron chi connectivity index (χ3n) is 6.13. The summed E-state index contributed by atoms with van der Waals surface area (Å²) in [5.41, 5.74) is 2.06. The molecule has 0 aliphatic heterocycles. The monoisotopic (exact) mass is 394 g/mol. The maximum atomic E-state index is 13.1. The van der Waals surface area contributed by atoms with Crippen molar-refractivity contribution in [1.29, 1.82) is 0 Å². The van der Waals surface area contributed by atoms with Crippen molar-refractivity contribution in [1.82, 2.24) is 15.3 Å². The summed E-state index contributed by atoms with van der Waals surface area (Å²) >= 11 is 0. The average molecular weight is 394 g/mol. The third kappa shape index (κ3) is 3.34. The number of nitrogens with one attached hydrogen (secondary N) is 2. The first-order valence-electron chi connectivity index (χ1n) is 10.0.